The molecular weight excluding hydrogens is 286 g/mol. The first kappa shape index (κ1) is 15.7. The molecule has 21 heavy (non-hydrogen) atoms. The van der Waals surface area contributed by atoms with Crippen molar-refractivity contribution < 1.29 is 9.47 Å². The minimum atomic E-state index is 0.257. The van der Waals surface area contributed by atoms with Crippen LogP contribution in [0.3, 0.4) is 0 Å². The van der Waals surface area contributed by atoms with E-state index in [2.05, 4.69) is 6.07 Å². The third kappa shape index (κ3) is 4.66. The Bertz CT molecular complexity index is 557. The molecule has 0 aliphatic carbocycles. The maximum atomic E-state index is 5.88. The molecule has 0 fully saturated rings. The third-order valence-electron chi connectivity index (χ3n) is 3.40. The highest BCUT2D eigenvalue weighted by Crippen LogP contribution is 2.23. The van der Waals surface area contributed by atoms with Crippen LogP contribution in [0.2, 0.25) is 5.02 Å². The van der Waals surface area contributed by atoms with Crippen LogP contribution in [0.5, 0.6) is 11.5 Å². The van der Waals surface area contributed by atoms with Gasteiger partial charge in [0.05, 0.1) is 13.7 Å². The van der Waals surface area contributed by atoms with E-state index < -0.39 is 0 Å². The summed E-state index contributed by atoms with van der Waals surface area (Å²) in [4.78, 5) is 0. The minimum absolute atomic E-state index is 0.257. The lowest BCUT2D eigenvalue weighted by Crippen LogP contribution is -2.15. The summed E-state index contributed by atoms with van der Waals surface area (Å²) in [5.74, 6) is 1.93. The van der Waals surface area contributed by atoms with E-state index in [4.69, 9.17) is 26.8 Å². The molecule has 4 heteroatoms. The van der Waals surface area contributed by atoms with Gasteiger partial charge in [0.2, 0.25) is 0 Å². The van der Waals surface area contributed by atoms with Crippen molar-refractivity contribution in [1.29, 1.82) is 0 Å². The Morgan fingerprint density at radius 3 is 2.52 bits per heavy atom. The molecule has 2 N–H and O–H groups in total. The average molecular weight is 306 g/mol. The highest BCUT2D eigenvalue weighted by atomic mass is 35.5. The number of rotatable bonds is 7. The Hall–Kier alpha value is -1.71. The molecule has 1 atom stereocenters. The fraction of sp³-hybridized carbons (Fsp3) is 0.294. The van der Waals surface area contributed by atoms with E-state index in [0.717, 1.165) is 17.9 Å². The molecule has 1 unspecified atom stereocenters. The van der Waals surface area contributed by atoms with Gasteiger partial charge in [-0.25, -0.2) is 0 Å². The molecule has 2 aromatic carbocycles. The van der Waals surface area contributed by atoms with Gasteiger partial charge in [0, 0.05) is 5.02 Å². The summed E-state index contributed by atoms with van der Waals surface area (Å²) in [7, 11) is 1.67. The molecule has 0 amide bonds. The fourth-order valence-corrected chi connectivity index (χ4v) is 2.29. The van der Waals surface area contributed by atoms with Gasteiger partial charge in [-0.15, -0.1) is 0 Å². The van der Waals surface area contributed by atoms with Crippen molar-refractivity contribution >= 4 is 11.6 Å². The second-order valence-electron chi connectivity index (χ2n) is 4.80. The predicted molar refractivity (Wildman–Crippen MR) is 86.4 cm³/mol. The van der Waals surface area contributed by atoms with Gasteiger partial charge in [0.25, 0.3) is 0 Å². The molecular formula is C17H20ClNO2. The first-order chi connectivity index (χ1) is 10.2. The van der Waals surface area contributed by atoms with Crippen LogP contribution >= 0.6 is 11.6 Å². The zero-order valence-electron chi connectivity index (χ0n) is 12.1. The normalized spacial score (nSPS) is 12.0. The van der Waals surface area contributed by atoms with Crippen LogP contribution in [-0.4, -0.2) is 20.3 Å². The van der Waals surface area contributed by atoms with Gasteiger partial charge < -0.3 is 15.2 Å². The first-order valence-electron chi connectivity index (χ1n) is 6.95. The summed E-state index contributed by atoms with van der Waals surface area (Å²) in [6.07, 6.45) is 0.853. The Kier molecular flexibility index (Phi) is 5.90. The average Bonchev–Trinajstić information content (AvgIpc) is 2.53. The maximum Gasteiger partial charge on any atom is 0.119 e. The van der Waals surface area contributed by atoms with Gasteiger partial charge in [0.15, 0.2) is 0 Å². The summed E-state index contributed by atoms with van der Waals surface area (Å²) in [6, 6.07) is 15.4. The number of nitrogens with two attached hydrogens (primary N) is 1. The standard InChI is InChI=1S/C17H20ClNO2/c1-20-17-4-2-3-13(11-17)14(12-19)9-10-21-16-7-5-15(18)6-8-16/h2-8,11,14H,9-10,12,19H2,1H3. The van der Waals surface area contributed by atoms with E-state index >= 15 is 0 Å². The van der Waals surface area contributed by atoms with Crippen molar-refractivity contribution in [3.05, 3.63) is 59.1 Å². The molecule has 0 spiro atoms. The Balaban J connectivity index is 1.91. The van der Waals surface area contributed by atoms with E-state index in [0.29, 0.717) is 18.2 Å². The molecule has 3 nitrogen and oxygen atoms in total. The highest BCUT2D eigenvalue weighted by molar-refractivity contribution is 6.30. The molecule has 0 bridgehead atoms. The lowest BCUT2D eigenvalue weighted by molar-refractivity contribution is 0.298. The zero-order valence-corrected chi connectivity index (χ0v) is 12.8. The van der Waals surface area contributed by atoms with Crippen molar-refractivity contribution in [3.63, 3.8) is 0 Å². The number of methoxy groups -OCH3 is 1. The summed E-state index contributed by atoms with van der Waals surface area (Å²) < 4.78 is 11.0. The van der Waals surface area contributed by atoms with Crippen LogP contribution in [0, 0.1) is 0 Å². The third-order valence-corrected chi connectivity index (χ3v) is 3.65. The van der Waals surface area contributed by atoms with Crippen molar-refractivity contribution in [1.82, 2.24) is 0 Å². The second kappa shape index (κ2) is 7.91. The van der Waals surface area contributed by atoms with Crippen molar-refractivity contribution in [2.24, 2.45) is 5.73 Å². The number of hydrogen-bond acceptors (Lipinski definition) is 3. The van der Waals surface area contributed by atoms with Gasteiger partial charge in [-0.3, -0.25) is 0 Å². The summed E-state index contributed by atoms with van der Waals surface area (Å²) in [5, 5.41) is 0.707. The van der Waals surface area contributed by atoms with E-state index in [1.165, 1.54) is 5.56 Å². The van der Waals surface area contributed by atoms with Crippen molar-refractivity contribution in [3.8, 4) is 11.5 Å². The van der Waals surface area contributed by atoms with Gasteiger partial charge in [-0.2, -0.15) is 0 Å². The molecule has 0 aliphatic heterocycles. The number of halogens is 1. The lowest BCUT2D eigenvalue weighted by atomic mass is 9.96. The van der Waals surface area contributed by atoms with Crippen LogP contribution in [-0.2, 0) is 0 Å². The monoisotopic (exact) mass is 305 g/mol. The van der Waals surface area contributed by atoms with E-state index in [1.54, 1.807) is 7.11 Å². The van der Waals surface area contributed by atoms with Gasteiger partial charge in [-0.1, -0.05) is 23.7 Å². The molecule has 0 saturated carbocycles. The van der Waals surface area contributed by atoms with E-state index in [9.17, 15) is 0 Å². The van der Waals surface area contributed by atoms with Gasteiger partial charge >= 0.3 is 0 Å². The Labute approximate surface area is 130 Å². The SMILES string of the molecule is COc1cccc(C(CN)CCOc2ccc(Cl)cc2)c1. The topological polar surface area (TPSA) is 44.5 Å². The van der Waals surface area contributed by atoms with Crippen LogP contribution in [0.1, 0.15) is 17.9 Å². The van der Waals surface area contributed by atoms with E-state index in [1.807, 2.05) is 42.5 Å². The molecule has 112 valence electrons. The molecule has 0 heterocycles. The molecule has 0 aliphatic rings. The quantitative estimate of drug-likeness (QED) is 0.845. The van der Waals surface area contributed by atoms with E-state index in [-0.39, 0.29) is 5.92 Å². The Morgan fingerprint density at radius 1 is 1.10 bits per heavy atom. The van der Waals surface area contributed by atoms with Crippen LogP contribution in [0.4, 0.5) is 0 Å². The van der Waals surface area contributed by atoms with Crippen LogP contribution in [0.15, 0.2) is 48.5 Å². The predicted octanol–water partition coefficient (Wildman–Crippen LogP) is 3.86. The van der Waals surface area contributed by atoms with Crippen LogP contribution < -0.4 is 15.2 Å². The number of hydrogen-bond donors (Lipinski definition) is 1. The number of benzene rings is 2. The fourth-order valence-electron chi connectivity index (χ4n) is 2.17. The maximum absolute atomic E-state index is 5.88. The van der Waals surface area contributed by atoms with Crippen molar-refractivity contribution in [2.45, 2.75) is 12.3 Å². The Morgan fingerprint density at radius 2 is 1.86 bits per heavy atom. The molecule has 2 rings (SSSR count). The molecule has 0 saturated heterocycles. The summed E-state index contributed by atoms with van der Waals surface area (Å²) in [6.45, 7) is 1.19. The van der Waals surface area contributed by atoms with Crippen molar-refractivity contribution in [2.75, 3.05) is 20.3 Å². The van der Waals surface area contributed by atoms with Crippen LogP contribution in [0.25, 0.3) is 0 Å². The highest BCUT2D eigenvalue weighted by Gasteiger charge is 2.11. The smallest absolute Gasteiger partial charge is 0.119 e. The minimum Gasteiger partial charge on any atom is -0.497 e. The largest absolute Gasteiger partial charge is 0.497 e. The first-order valence-corrected chi connectivity index (χ1v) is 7.33. The summed E-state index contributed by atoms with van der Waals surface area (Å²) in [5.41, 5.74) is 7.06. The summed E-state index contributed by atoms with van der Waals surface area (Å²) >= 11 is 5.84. The zero-order chi connectivity index (χ0) is 15.1. The molecule has 2 aromatic rings. The molecule has 0 radical (unpaired) electrons. The number of ether oxygens (including phenoxy) is 2. The second-order valence-corrected chi connectivity index (χ2v) is 5.24. The van der Waals surface area contributed by atoms with Gasteiger partial charge in [-0.05, 0) is 60.8 Å². The molecule has 0 aromatic heterocycles. The lowest BCUT2D eigenvalue weighted by Gasteiger charge is -2.16. The van der Waals surface area contributed by atoms with Gasteiger partial charge in [0.1, 0.15) is 11.5 Å².